The van der Waals surface area contributed by atoms with Crippen LogP contribution in [0.1, 0.15) is 37.9 Å². The van der Waals surface area contributed by atoms with E-state index in [0.29, 0.717) is 12.1 Å². The number of hydrogen-bond donors (Lipinski definition) is 1. The minimum absolute atomic E-state index is 0.350. The summed E-state index contributed by atoms with van der Waals surface area (Å²) in [5.74, 6) is 0. The summed E-state index contributed by atoms with van der Waals surface area (Å²) in [6.07, 6.45) is 2.95. The zero-order valence-electron chi connectivity index (χ0n) is 14.2. The molecule has 3 atom stereocenters. The van der Waals surface area contributed by atoms with Crippen LogP contribution in [0.2, 0.25) is 0 Å². The molecule has 1 N–H and O–H groups in total. The molecule has 128 valence electrons. The van der Waals surface area contributed by atoms with E-state index in [1.807, 2.05) is 30.3 Å². The van der Waals surface area contributed by atoms with Crippen LogP contribution in [-0.2, 0) is 4.74 Å². The molecule has 4 nitrogen and oxygen atoms in total. The number of ether oxygens (including phenoxy) is 1. The molecule has 2 saturated heterocycles. The van der Waals surface area contributed by atoms with Gasteiger partial charge in [-0.2, -0.15) is 0 Å². The largest absolute Gasteiger partial charge is 0.388 e. The van der Waals surface area contributed by atoms with Gasteiger partial charge in [0.1, 0.15) is 0 Å². The molecule has 1 aromatic rings. The van der Waals surface area contributed by atoms with Gasteiger partial charge in [-0.05, 0) is 38.3 Å². The Labute approximate surface area is 140 Å². The fourth-order valence-corrected chi connectivity index (χ4v) is 4.02. The van der Waals surface area contributed by atoms with Gasteiger partial charge in [0, 0.05) is 31.7 Å². The first-order valence-corrected chi connectivity index (χ1v) is 9.03. The number of morpholine rings is 1. The van der Waals surface area contributed by atoms with E-state index >= 15 is 0 Å². The molecule has 0 aromatic heterocycles. The molecule has 0 radical (unpaired) electrons. The maximum absolute atomic E-state index is 10.5. The zero-order chi connectivity index (χ0) is 16.1. The molecule has 0 saturated carbocycles. The summed E-state index contributed by atoms with van der Waals surface area (Å²) in [5, 5.41) is 10.5. The highest BCUT2D eigenvalue weighted by Crippen LogP contribution is 2.29. The summed E-state index contributed by atoms with van der Waals surface area (Å²) < 4.78 is 5.44. The predicted molar refractivity (Wildman–Crippen MR) is 92.5 cm³/mol. The van der Waals surface area contributed by atoms with Gasteiger partial charge in [-0.15, -0.1) is 0 Å². The van der Waals surface area contributed by atoms with E-state index in [2.05, 4.69) is 16.7 Å². The topological polar surface area (TPSA) is 35.9 Å². The normalized spacial score (nSPS) is 26.3. The molecule has 4 heteroatoms. The smallest absolute Gasteiger partial charge is 0.0805 e. The van der Waals surface area contributed by atoms with Crippen LogP contribution in [0.5, 0.6) is 0 Å². The third-order valence-electron chi connectivity index (χ3n) is 5.29. The molecule has 2 fully saturated rings. The van der Waals surface area contributed by atoms with Crippen molar-refractivity contribution in [2.45, 2.75) is 44.4 Å². The zero-order valence-corrected chi connectivity index (χ0v) is 14.2. The lowest BCUT2D eigenvalue weighted by molar-refractivity contribution is 0.0199. The third kappa shape index (κ3) is 4.54. The van der Waals surface area contributed by atoms with Gasteiger partial charge in [0.15, 0.2) is 0 Å². The molecule has 0 bridgehead atoms. The van der Waals surface area contributed by atoms with Gasteiger partial charge >= 0.3 is 0 Å². The molecular weight excluding hydrogens is 288 g/mol. The van der Waals surface area contributed by atoms with Gasteiger partial charge in [0.25, 0.3) is 0 Å². The van der Waals surface area contributed by atoms with E-state index in [1.54, 1.807) is 0 Å². The Bertz CT molecular complexity index is 462. The van der Waals surface area contributed by atoms with Crippen molar-refractivity contribution in [3.63, 3.8) is 0 Å². The number of hydrogen-bond acceptors (Lipinski definition) is 4. The van der Waals surface area contributed by atoms with Crippen molar-refractivity contribution in [1.29, 1.82) is 0 Å². The second kappa shape index (κ2) is 8.25. The molecule has 1 aromatic carbocycles. The van der Waals surface area contributed by atoms with E-state index in [9.17, 15) is 5.11 Å². The average Bonchev–Trinajstić information content (AvgIpc) is 3.05. The molecule has 2 aliphatic rings. The molecule has 2 aliphatic heterocycles. The van der Waals surface area contributed by atoms with Crippen LogP contribution in [-0.4, -0.2) is 66.4 Å². The quantitative estimate of drug-likeness (QED) is 0.873. The Morgan fingerprint density at radius 1 is 1.17 bits per heavy atom. The van der Waals surface area contributed by atoms with Gasteiger partial charge in [0.2, 0.25) is 0 Å². The van der Waals surface area contributed by atoms with Crippen LogP contribution in [0.15, 0.2) is 30.3 Å². The standard InChI is InChI=1S/C19H30N2O2/c1-16(15-20-10-12-23-13-11-20)21-9-5-8-18(21)14-19(22)17-6-3-2-4-7-17/h2-4,6-7,16,18-19,22H,5,8-15H2,1H3. The Morgan fingerprint density at radius 3 is 2.65 bits per heavy atom. The Morgan fingerprint density at radius 2 is 1.91 bits per heavy atom. The Balaban J connectivity index is 1.54. The van der Waals surface area contributed by atoms with E-state index in [4.69, 9.17) is 4.74 Å². The summed E-state index contributed by atoms with van der Waals surface area (Å²) in [7, 11) is 0. The van der Waals surface area contributed by atoms with Gasteiger partial charge < -0.3 is 9.84 Å². The van der Waals surface area contributed by atoms with Crippen LogP contribution in [0, 0.1) is 0 Å². The van der Waals surface area contributed by atoms with Crippen molar-refractivity contribution in [3.05, 3.63) is 35.9 Å². The van der Waals surface area contributed by atoms with E-state index in [-0.39, 0.29) is 6.10 Å². The monoisotopic (exact) mass is 318 g/mol. The van der Waals surface area contributed by atoms with Gasteiger partial charge in [-0.3, -0.25) is 9.80 Å². The first-order valence-electron chi connectivity index (χ1n) is 9.03. The van der Waals surface area contributed by atoms with Crippen molar-refractivity contribution < 1.29 is 9.84 Å². The molecule has 0 amide bonds. The van der Waals surface area contributed by atoms with Crippen LogP contribution < -0.4 is 0 Å². The van der Waals surface area contributed by atoms with Crippen LogP contribution in [0.4, 0.5) is 0 Å². The number of benzene rings is 1. The second-order valence-corrected chi connectivity index (χ2v) is 6.96. The fraction of sp³-hybridized carbons (Fsp3) is 0.684. The number of nitrogens with zero attached hydrogens (tertiary/aromatic N) is 2. The summed E-state index contributed by atoms with van der Waals surface area (Å²) in [4.78, 5) is 5.12. The summed E-state index contributed by atoms with van der Waals surface area (Å²) in [5.41, 5.74) is 1.04. The van der Waals surface area contributed by atoms with Gasteiger partial charge in [0.05, 0.1) is 19.3 Å². The van der Waals surface area contributed by atoms with Crippen molar-refractivity contribution in [3.8, 4) is 0 Å². The minimum Gasteiger partial charge on any atom is -0.388 e. The van der Waals surface area contributed by atoms with E-state index < -0.39 is 0 Å². The lowest BCUT2D eigenvalue weighted by Crippen LogP contribution is -2.47. The van der Waals surface area contributed by atoms with Gasteiger partial charge in [-0.25, -0.2) is 0 Å². The number of aliphatic hydroxyl groups excluding tert-OH is 1. The van der Waals surface area contributed by atoms with Crippen LogP contribution in [0.25, 0.3) is 0 Å². The minimum atomic E-state index is -0.350. The highest BCUT2D eigenvalue weighted by Gasteiger charge is 2.31. The van der Waals surface area contributed by atoms with E-state index in [0.717, 1.165) is 51.4 Å². The predicted octanol–water partition coefficient (Wildman–Crippen LogP) is 2.30. The molecular formula is C19H30N2O2. The summed E-state index contributed by atoms with van der Waals surface area (Å²) >= 11 is 0. The van der Waals surface area contributed by atoms with Gasteiger partial charge in [-0.1, -0.05) is 30.3 Å². The number of aliphatic hydroxyl groups is 1. The van der Waals surface area contributed by atoms with Crippen molar-refractivity contribution in [1.82, 2.24) is 9.80 Å². The first-order chi connectivity index (χ1) is 11.2. The summed E-state index contributed by atoms with van der Waals surface area (Å²) in [6.45, 7) is 8.44. The second-order valence-electron chi connectivity index (χ2n) is 6.96. The molecule has 23 heavy (non-hydrogen) atoms. The molecule has 3 unspecified atom stereocenters. The molecule has 3 rings (SSSR count). The van der Waals surface area contributed by atoms with Crippen LogP contribution >= 0.6 is 0 Å². The first kappa shape index (κ1) is 16.9. The molecule has 0 spiro atoms. The number of likely N-dealkylation sites (tertiary alicyclic amines) is 1. The average molecular weight is 318 g/mol. The van der Waals surface area contributed by atoms with Crippen molar-refractivity contribution in [2.75, 3.05) is 39.4 Å². The Hall–Kier alpha value is -0.940. The van der Waals surface area contributed by atoms with Crippen LogP contribution in [0.3, 0.4) is 0 Å². The SMILES string of the molecule is CC(CN1CCOCC1)N1CCCC1CC(O)c1ccccc1. The Kier molecular flexibility index (Phi) is 6.06. The highest BCUT2D eigenvalue weighted by atomic mass is 16.5. The third-order valence-corrected chi connectivity index (χ3v) is 5.29. The lowest BCUT2D eigenvalue weighted by atomic mass is 10.00. The lowest BCUT2D eigenvalue weighted by Gasteiger charge is -2.36. The molecule has 2 heterocycles. The summed E-state index contributed by atoms with van der Waals surface area (Å²) in [6, 6.07) is 11.1. The maximum atomic E-state index is 10.5. The van der Waals surface area contributed by atoms with E-state index in [1.165, 1.54) is 12.8 Å². The highest BCUT2D eigenvalue weighted by molar-refractivity contribution is 5.17. The molecule has 0 aliphatic carbocycles. The van der Waals surface area contributed by atoms with Crippen molar-refractivity contribution >= 4 is 0 Å². The maximum Gasteiger partial charge on any atom is 0.0805 e. The number of rotatable bonds is 6. The van der Waals surface area contributed by atoms with Crippen molar-refractivity contribution in [2.24, 2.45) is 0 Å². The fourth-order valence-electron chi connectivity index (χ4n) is 4.02.